The topological polar surface area (TPSA) is 63.4 Å². The molecule has 1 saturated heterocycles. The largest absolute Gasteiger partial charge is 0.360 e. The normalized spacial score (nSPS) is 21.9. The zero-order valence-electron chi connectivity index (χ0n) is 12.3. The van der Waals surface area contributed by atoms with Crippen molar-refractivity contribution in [1.29, 1.82) is 0 Å². The van der Waals surface area contributed by atoms with Crippen LogP contribution in [-0.2, 0) is 10.0 Å². The molecule has 0 spiro atoms. The number of hydrogen-bond donors (Lipinski definition) is 0. The van der Waals surface area contributed by atoms with Crippen LogP contribution in [-0.4, -0.2) is 42.0 Å². The van der Waals surface area contributed by atoms with Crippen LogP contribution in [0.4, 0.5) is 0 Å². The van der Waals surface area contributed by atoms with E-state index in [2.05, 4.69) is 12.1 Å². The summed E-state index contributed by atoms with van der Waals surface area (Å²) in [6.07, 6.45) is 3.10. The Hall–Kier alpha value is -0.530. The van der Waals surface area contributed by atoms with Gasteiger partial charge in [0.2, 0.25) is 10.0 Å². The highest BCUT2D eigenvalue weighted by atomic mass is 32.2. The number of nitrogens with zero attached hydrogens (tertiary/aromatic N) is 2. The van der Waals surface area contributed by atoms with Crippen molar-refractivity contribution >= 4 is 21.8 Å². The van der Waals surface area contributed by atoms with E-state index in [0.717, 1.165) is 25.0 Å². The van der Waals surface area contributed by atoms with E-state index in [1.165, 1.54) is 0 Å². The first-order valence-electron chi connectivity index (χ1n) is 7.01. The van der Waals surface area contributed by atoms with Crippen LogP contribution in [0.3, 0.4) is 0 Å². The molecule has 0 N–H and O–H groups in total. The van der Waals surface area contributed by atoms with Gasteiger partial charge in [-0.3, -0.25) is 0 Å². The molecule has 0 aromatic carbocycles. The Morgan fingerprint density at radius 1 is 1.40 bits per heavy atom. The second-order valence-corrected chi connectivity index (χ2v) is 8.54. The summed E-state index contributed by atoms with van der Waals surface area (Å²) in [6.45, 7) is 6.63. The zero-order chi connectivity index (χ0) is 14.8. The van der Waals surface area contributed by atoms with Crippen molar-refractivity contribution in [2.45, 2.75) is 50.2 Å². The fourth-order valence-electron chi connectivity index (χ4n) is 2.63. The van der Waals surface area contributed by atoms with Crippen molar-refractivity contribution in [3.05, 3.63) is 11.5 Å². The molecular formula is C13H22N2O3S2. The van der Waals surface area contributed by atoms with Gasteiger partial charge < -0.3 is 4.52 Å². The Kier molecular flexibility index (Phi) is 5.14. The summed E-state index contributed by atoms with van der Waals surface area (Å²) in [6, 6.07) is 0. The Bertz CT molecular complexity index is 534. The molecule has 0 aliphatic carbocycles. The van der Waals surface area contributed by atoms with Gasteiger partial charge in [-0.05, 0) is 32.4 Å². The quantitative estimate of drug-likeness (QED) is 0.854. The fraction of sp³-hybridized carbons (Fsp3) is 0.769. The van der Waals surface area contributed by atoms with Crippen LogP contribution in [0.5, 0.6) is 0 Å². The Labute approximate surface area is 125 Å². The second-order valence-electron chi connectivity index (χ2n) is 5.09. The highest BCUT2D eigenvalue weighted by molar-refractivity contribution is 7.99. The smallest absolute Gasteiger partial charge is 0.248 e. The number of hydrogen-bond acceptors (Lipinski definition) is 5. The molecule has 0 amide bonds. The van der Waals surface area contributed by atoms with Crippen molar-refractivity contribution < 1.29 is 12.9 Å². The lowest BCUT2D eigenvalue weighted by Gasteiger charge is -2.23. The van der Waals surface area contributed by atoms with Crippen molar-refractivity contribution in [3.8, 4) is 0 Å². The number of thioether (sulfide) groups is 1. The highest BCUT2D eigenvalue weighted by Gasteiger charge is 2.33. The maximum Gasteiger partial charge on any atom is 0.248 e. The Balaban J connectivity index is 2.28. The molecule has 7 heteroatoms. The molecule has 0 radical (unpaired) electrons. The van der Waals surface area contributed by atoms with Gasteiger partial charge in [-0.1, -0.05) is 18.5 Å². The van der Waals surface area contributed by atoms with Crippen LogP contribution in [0.2, 0.25) is 0 Å². The van der Waals surface area contributed by atoms with E-state index < -0.39 is 10.0 Å². The molecule has 1 unspecified atom stereocenters. The van der Waals surface area contributed by atoms with Gasteiger partial charge in [0, 0.05) is 18.3 Å². The van der Waals surface area contributed by atoms with Crippen LogP contribution in [0.25, 0.3) is 0 Å². The molecule has 1 aromatic heterocycles. The van der Waals surface area contributed by atoms with Gasteiger partial charge in [0.05, 0.1) is 0 Å². The third-order valence-corrected chi connectivity index (χ3v) is 6.86. The minimum Gasteiger partial charge on any atom is -0.360 e. The maximum atomic E-state index is 12.8. The minimum absolute atomic E-state index is 0.250. The summed E-state index contributed by atoms with van der Waals surface area (Å²) < 4.78 is 32.2. The third-order valence-electron chi connectivity index (χ3n) is 3.56. The van der Waals surface area contributed by atoms with E-state index in [1.807, 2.05) is 11.8 Å². The van der Waals surface area contributed by atoms with Crippen LogP contribution in [0.1, 0.15) is 37.6 Å². The minimum atomic E-state index is -3.49. The monoisotopic (exact) mass is 318 g/mol. The molecule has 0 saturated carbocycles. The lowest BCUT2D eigenvalue weighted by atomic mass is 10.2. The van der Waals surface area contributed by atoms with Crippen molar-refractivity contribution in [2.24, 2.45) is 0 Å². The Morgan fingerprint density at radius 3 is 2.75 bits per heavy atom. The molecule has 0 bridgehead atoms. The number of sulfonamides is 1. The average Bonchev–Trinajstić information content (AvgIpc) is 2.62. The van der Waals surface area contributed by atoms with Gasteiger partial charge in [0.15, 0.2) is 5.76 Å². The molecule has 2 rings (SSSR count). The zero-order valence-corrected chi connectivity index (χ0v) is 13.9. The van der Waals surface area contributed by atoms with Gasteiger partial charge in [-0.2, -0.15) is 16.1 Å². The first-order valence-corrected chi connectivity index (χ1v) is 9.50. The van der Waals surface area contributed by atoms with Crippen molar-refractivity contribution in [2.75, 3.05) is 18.8 Å². The van der Waals surface area contributed by atoms with E-state index in [0.29, 0.717) is 29.8 Å². The maximum absolute atomic E-state index is 12.8. The molecule has 1 fully saturated rings. The van der Waals surface area contributed by atoms with E-state index in [-0.39, 0.29) is 4.90 Å². The standard InChI is InChI=1S/C13H22N2O3S2/c1-4-19-12-7-5-6-8-15(9-12)20(16,17)13-10(2)14-18-11(13)3/h12H,4-9H2,1-3H3. The average molecular weight is 318 g/mol. The molecule has 5 nitrogen and oxygen atoms in total. The lowest BCUT2D eigenvalue weighted by Crippen LogP contribution is -2.36. The SMILES string of the molecule is CCSC1CCCCN(S(=O)(=O)c2c(C)noc2C)C1. The van der Waals surface area contributed by atoms with Crippen LogP contribution in [0.15, 0.2) is 9.42 Å². The van der Waals surface area contributed by atoms with E-state index in [9.17, 15) is 8.42 Å². The lowest BCUT2D eigenvalue weighted by molar-refractivity contribution is 0.388. The molecule has 2 heterocycles. The van der Waals surface area contributed by atoms with E-state index in [4.69, 9.17) is 4.52 Å². The highest BCUT2D eigenvalue weighted by Crippen LogP contribution is 2.28. The molecule has 1 aliphatic rings. The summed E-state index contributed by atoms with van der Waals surface area (Å²) in [5.41, 5.74) is 0.450. The summed E-state index contributed by atoms with van der Waals surface area (Å²) in [7, 11) is -3.49. The van der Waals surface area contributed by atoms with Gasteiger partial charge in [0.25, 0.3) is 0 Å². The number of rotatable bonds is 4. The number of aromatic nitrogens is 1. The second kappa shape index (κ2) is 6.49. The van der Waals surface area contributed by atoms with Gasteiger partial charge >= 0.3 is 0 Å². The fourth-order valence-corrected chi connectivity index (χ4v) is 5.63. The summed E-state index contributed by atoms with van der Waals surface area (Å²) in [5, 5.41) is 4.16. The summed E-state index contributed by atoms with van der Waals surface area (Å²) >= 11 is 1.85. The van der Waals surface area contributed by atoms with Gasteiger partial charge in [0.1, 0.15) is 10.6 Å². The molecule has 1 aromatic rings. The van der Waals surface area contributed by atoms with Crippen LogP contribution < -0.4 is 0 Å². The van der Waals surface area contributed by atoms with Crippen LogP contribution >= 0.6 is 11.8 Å². The van der Waals surface area contributed by atoms with Gasteiger partial charge in [-0.15, -0.1) is 0 Å². The van der Waals surface area contributed by atoms with E-state index in [1.54, 1.807) is 18.2 Å². The third kappa shape index (κ3) is 3.20. The molecule has 114 valence electrons. The van der Waals surface area contributed by atoms with Crippen molar-refractivity contribution in [3.63, 3.8) is 0 Å². The molecule has 20 heavy (non-hydrogen) atoms. The predicted octanol–water partition coefficient (Wildman–Crippen LogP) is 2.59. The number of aryl methyl sites for hydroxylation is 2. The first kappa shape index (κ1) is 15.9. The van der Waals surface area contributed by atoms with Crippen LogP contribution in [0, 0.1) is 13.8 Å². The molecular weight excluding hydrogens is 296 g/mol. The Morgan fingerprint density at radius 2 is 2.15 bits per heavy atom. The molecule has 1 aliphatic heterocycles. The van der Waals surface area contributed by atoms with Gasteiger partial charge in [-0.25, -0.2) is 8.42 Å². The predicted molar refractivity (Wildman–Crippen MR) is 80.5 cm³/mol. The summed E-state index contributed by atoms with van der Waals surface area (Å²) in [4.78, 5) is 0.250. The molecule has 1 atom stereocenters. The van der Waals surface area contributed by atoms with E-state index >= 15 is 0 Å². The van der Waals surface area contributed by atoms with Crippen molar-refractivity contribution in [1.82, 2.24) is 9.46 Å². The summed E-state index contributed by atoms with van der Waals surface area (Å²) in [5.74, 6) is 1.40. The first-order chi connectivity index (χ1) is 9.46.